The van der Waals surface area contributed by atoms with Gasteiger partial charge >= 0.3 is 0 Å². The predicted octanol–water partition coefficient (Wildman–Crippen LogP) is 6.08. The highest BCUT2D eigenvalue weighted by Crippen LogP contribution is 2.42. The van der Waals surface area contributed by atoms with Gasteiger partial charge in [0, 0.05) is 12.3 Å². The Balaban J connectivity index is 1.68. The molecule has 0 radical (unpaired) electrons. The van der Waals surface area contributed by atoms with E-state index >= 15 is 0 Å². The summed E-state index contributed by atoms with van der Waals surface area (Å²) in [7, 11) is 0. The molecule has 0 aliphatic heterocycles. The first-order valence-electron chi connectivity index (χ1n) is 11.3. The highest BCUT2D eigenvalue weighted by molar-refractivity contribution is 5.49. The van der Waals surface area contributed by atoms with Gasteiger partial charge in [-0.15, -0.1) is 0 Å². The number of rotatable bonds is 7. The van der Waals surface area contributed by atoms with E-state index in [-0.39, 0.29) is 6.04 Å². The molecular weight excluding hydrogens is 384 g/mol. The average molecular weight is 417 g/mol. The number of aryl methyl sites for hydroxylation is 3. The summed E-state index contributed by atoms with van der Waals surface area (Å²) in [5, 5.41) is 3.78. The number of benzene rings is 1. The van der Waals surface area contributed by atoms with Gasteiger partial charge in [0.05, 0.1) is 11.7 Å². The summed E-state index contributed by atoms with van der Waals surface area (Å²) < 4.78 is 6.05. The van der Waals surface area contributed by atoms with Crippen LogP contribution in [-0.4, -0.2) is 15.0 Å². The van der Waals surface area contributed by atoms with Gasteiger partial charge in [-0.3, -0.25) is 0 Å². The maximum atomic E-state index is 6.05. The third-order valence-corrected chi connectivity index (χ3v) is 6.19. The predicted molar refractivity (Wildman–Crippen MR) is 125 cm³/mol. The van der Waals surface area contributed by atoms with Crippen LogP contribution in [0.1, 0.15) is 61.8 Å². The minimum absolute atomic E-state index is 0.241. The van der Waals surface area contributed by atoms with Crippen molar-refractivity contribution in [2.24, 2.45) is 11.8 Å². The van der Waals surface area contributed by atoms with E-state index in [1.165, 1.54) is 11.1 Å². The lowest BCUT2D eigenvalue weighted by atomic mass is 9.89. The first kappa shape index (κ1) is 21.3. The van der Waals surface area contributed by atoms with Gasteiger partial charge in [0.1, 0.15) is 11.5 Å². The molecule has 1 aliphatic carbocycles. The lowest BCUT2D eigenvalue weighted by molar-refractivity contribution is 0.360. The zero-order chi connectivity index (χ0) is 22.0. The second kappa shape index (κ2) is 9.04. The van der Waals surface area contributed by atoms with Crippen LogP contribution >= 0.6 is 0 Å². The number of ether oxygens (including phenoxy) is 1. The zero-order valence-electron chi connectivity index (χ0n) is 19.1. The van der Waals surface area contributed by atoms with Crippen LogP contribution in [0.15, 0.2) is 42.6 Å². The van der Waals surface area contributed by atoms with Crippen molar-refractivity contribution in [3.8, 4) is 11.8 Å². The molecule has 1 aliphatic rings. The molecule has 0 unspecified atom stereocenters. The summed E-state index contributed by atoms with van der Waals surface area (Å²) in [4.78, 5) is 14.2. The summed E-state index contributed by atoms with van der Waals surface area (Å²) in [5.41, 5.74) is 5.69. The standard InChI is InChI=1S/C26H32N4O/c1-6-21-25(30-24-19-11-9-8-10-18(19)15-20(24)16(3)4)28-22(7-2)26(29-21)31-23-14-17(5)12-13-27-23/h8-14,16,20,24H,6-7,15H2,1-5H3,(H,28,30)/t20-,24-/m0/s1. The molecule has 0 bridgehead atoms. The van der Waals surface area contributed by atoms with Gasteiger partial charge in [0.25, 0.3) is 0 Å². The van der Waals surface area contributed by atoms with E-state index < -0.39 is 0 Å². The maximum absolute atomic E-state index is 6.05. The molecule has 162 valence electrons. The number of nitrogens with zero attached hydrogens (tertiary/aromatic N) is 3. The van der Waals surface area contributed by atoms with Crippen molar-refractivity contribution >= 4 is 5.82 Å². The number of fused-ring (bicyclic) bond motifs is 1. The van der Waals surface area contributed by atoms with Crippen LogP contribution in [0.5, 0.6) is 11.8 Å². The van der Waals surface area contributed by atoms with E-state index in [1.54, 1.807) is 6.20 Å². The van der Waals surface area contributed by atoms with Gasteiger partial charge in [-0.25, -0.2) is 15.0 Å². The van der Waals surface area contributed by atoms with Gasteiger partial charge in [-0.1, -0.05) is 52.0 Å². The van der Waals surface area contributed by atoms with Crippen molar-refractivity contribution in [2.45, 2.75) is 59.9 Å². The van der Waals surface area contributed by atoms with Crippen LogP contribution in [0.4, 0.5) is 5.82 Å². The number of aromatic nitrogens is 3. The van der Waals surface area contributed by atoms with Crippen LogP contribution < -0.4 is 10.1 Å². The number of anilines is 1. The fourth-order valence-corrected chi connectivity index (χ4v) is 4.40. The molecule has 2 atom stereocenters. The molecule has 1 N–H and O–H groups in total. The second-order valence-electron chi connectivity index (χ2n) is 8.68. The normalized spacial score (nSPS) is 17.6. The molecule has 5 nitrogen and oxygen atoms in total. The van der Waals surface area contributed by atoms with Crippen molar-refractivity contribution in [1.29, 1.82) is 0 Å². The topological polar surface area (TPSA) is 59.9 Å². The minimum Gasteiger partial charge on any atom is -0.419 e. The third-order valence-electron chi connectivity index (χ3n) is 6.19. The van der Waals surface area contributed by atoms with Gasteiger partial charge in [0.15, 0.2) is 0 Å². The Labute approximate surface area is 185 Å². The van der Waals surface area contributed by atoms with Crippen LogP contribution in [0.3, 0.4) is 0 Å². The van der Waals surface area contributed by atoms with Crippen molar-refractivity contribution in [1.82, 2.24) is 15.0 Å². The monoisotopic (exact) mass is 416 g/mol. The number of nitrogens with one attached hydrogen (secondary N) is 1. The van der Waals surface area contributed by atoms with Crippen LogP contribution in [0.2, 0.25) is 0 Å². The molecule has 4 rings (SSSR count). The smallest absolute Gasteiger partial charge is 0.243 e. The Hall–Kier alpha value is -2.95. The van der Waals surface area contributed by atoms with Gasteiger partial charge in [-0.2, -0.15) is 0 Å². The molecule has 0 spiro atoms. The minimum atomic E-state index is 0.241. The molecule has 3 aromatic rings. The molecule has 2 aromatic heterocycles. The van der Waals surface area contributed by atoms with Crippen LogP contribution in [-0.2, 0) is 19.3 Å². The largest absolute Gasteiger partial charge is 0.419 e. The van der Waals surface area contributed by atoms with Crippen molar-refractivity contribution in [2.75, 3.05) is 5.32 Å². The number of hydrogen-bond donors (Lipinski definition) is 1. The van der Waals surface area contributed by atoms with Crippen LogP contribution in [0, 0.1) is 18.8 Å². The SMILES string of the molecule is CCc1nc(Oc2cc(C)ccn2)c(CC)nc1N[C@H]1c2ccccc2C[C@H]1C(C)C. The highest BCUT2D eigenvalue weighted by atomic mass is 16.5. The Morgan fingerprint density at radius 1 is 1.06 bits per heavy atom. The molecule has 0 amide bonds. The van der Waals surface area contributed by atoms with E-state index in [2.05, 4.69) is 62.3 Å². The zero-order valence-corrected chi connectivity index (χ0v) is 19.1. The molecule has 5 heteroatoms. The van der Waals surface area contributed by atoms with Crippen molar-refractivity contribution in [3.63, 3.8) is 0 Å². The van der Waals surface area contributed by atoms with E-state index in [1.807, 2.05) is 19.1 Å². The van der Waals surface area contributed by atoms with Gasteiger partial charge in [-0.05, 0) is 60.8 Å². The molecule has 0 saturated heterocycles. The van der Waals surface area contributed by atoms with Gasteiger partial charge in [0.2, 0.25) is 11.8 Å². The Bertz CT molecular complexity index is 1060. The Morgan fingerprint density at radius 3 is 2.55 bits per heavy atom. The molecule has 0 fully saturated rings. The van der Waals surface area contributed by atoms with E-state index in [9.17, 15) is 0 Å². The maximum Gasteiger partial charge on any atom is 0.243 e. The summed E-state index contributed by atoms with van der Waals surface area (Å²) in [5.74, 6) is 3.08. The first-order chi connectivity index (χ1) is 15.0. The van der Waals surface area contributed by atoms with E-state index in [0.717, 1.165) is 42.0 Å². The molecule has 2 heterocycles. The highest BCUT2D eigenvalue weighted by Gasteiger charge is 2.35. The first-order valence-corrected chi connectivity index (χ1v) is 11.3. The molecular formula is C26H32N4O. The fraction of sp³-hybridized carbons (Fsp3) is 0.423. The molecule has 31 heavy (non-hydrogen) atoms. The fourth-order valence-electron chi connectivity index (χ4n) is 4.40. The van der Waals surface area contributed by atoms with Gasteiger partial charge < -0.3 is 10.1 Å². The van der Waals surface area contributed by atoms with Crippen molar-refractivity contribution in [3.05, 3.63) is 70.7 Å². The van der Waals surface area contributed by atoms with Crippen LogP contribution in [0.25, 0.3) is 0 Å². The van der Waals surface area contributed by atoms with E-state index in [4.69, 9.17) is 14.7 Å². The number of hydrogen-bond acceptors (Lipinski definition) is 5. The Kier molecular flexibility index (Phi) is 6.21. The lowest BCUT2D eigenvalue weighted by Gasteiger charge is -2.26. The summed E-state index contributed by atoms with van der Waals surface area (Å²) in [6, 6.07) is 12.9. The summed E-state index contributed by atoms with van der Waals surface area (Å²) in [6.45, 7) is 10.8. The lowest BCUT2D eigenvalue weighted by Crippen LogP contribution is -2.23. The van der Waals surface area contributed by atoms with E-state index in [0.29, 0.717) is 23.6 Å². The summed E-state index contributed by atoms with van der Waals surface area (Å²) in [6.07, 6.45) is 4.37. The molecule has 1 aromatic carbocycles. The van der Waals surface area contributed by atoms with Crippen molar-refractivity contribution < 1.29 is 4.74 Å². The molecule has 0 saturated carbocycles. The summed E-state index contributed by atoms with van der Waals surface area (Å²) >= 11 is 0. The third kappa shape index (κ3) is 4.41. The Morgan fingerprint density at radius 2 is 1.84 bits per heavy atom. The second-order valence-corrected chi connectivity index (χ2v) is 8.68. The quantitative estimate of drug-likeness (QED) is 0.506. The average Bonchev–Trinajstić information content (AvgIpc) is 3.13. The number of pyridine rings is 1.